The van der Waals surface area contributed by atoms with Crippen molar-refractivity contribution in [3.05, 3.63) is 0 Å². The fraction of sp³-hybridized carbons (Fsp3) is 0. The molecule has 0 fully saturated rings. The molecule has 0 saturated heterocycles. The van der Waals surface area contributed by atoms with E-state index < -0.39 is 0 Å². The van der Waals surface area contributed by atoms with E-state index in [0.717, 1.165) is 0 Å². The van der Waals surface area contributed by atoms with Crippen LogP contribution in [0.15, 0.2) is 0 Å². The monoisotopic (exact) mass is 264 g/mol. The van der Waals surface area contributed by atoms with Crippen molar-refractivity contribution in [2.75, 3.05) is 0 Å². The molecule has 0 aliphatic rings. The Labute approximate surface area is 92.1 Å². The maximum absolute atomic E-state index is 0. The van der Waals surface area contributed by atoms with E-state index in [1.165, 1.54) is 0 Å². The van der Waals surface area contributed by atoms with Crippen molar-refractivity contribution in [2.24, 2.45) is 0 Å². The standard InChI is InChI=1S/Ba.2ClH.Cr.2H/h;2*1H;;;/q+2;;;;2*-1. The van der Waals surface area contributed by atoms with Crippen LogP contribution in [0.5, 0.6) is 0 Å². The van der Waals surface area contributed by atoms with Gasteiger partial charge in [0.1, 0.15) is 0 Å². The second-order valence-corrected chi connectivity index (χ2v) is 0. The van der Waals surface area contributed by atoms with Crippen LogP contribution in [0, 0.1) is 0 Å². The summed E-state index contributed by atoms with van der Waals surface area (Å²) in [6.45, 7) is 0. The molecular weight excluding hydrogens is 260 g/mol. The molecule has 0 unspecified atom stereocenters. The fourth-order valence-electron chi connectivity index (χ4n) is 0. The molecule has 0 saturated carbocycles. The van der Waals surface area contributed by atoms with Crippen LogP contribution in [0.25, 0.3) is 0 Å². The van der Waals surface area contributed by atoms with Gasteiger partial charge in [-0.05, 0) is 0 Å². The summed E-state index contributed by atoms with van der Waals surface area (Å²) < 4.78 is 0. The molecule has 0 aliphatic heterocycles. The maximum Gasteiger partial charge on any atom is 2.00 e. The average Bonchev–Trinajstić information content (AvgIpc) is 0. The first-order chi connectivity index (χ1) is 0. The van der Waals surface area contributed by atoms with Gasteiger partial charge in [-0.1, -0.05) is 0 Å². The van der Waals surface area contributed by atoms with E-state index in [9.17, 15) is 0 Å². The molecule has 0 aliphatic carbocycles. The number of hydrogen-bond acceptors (Lipinski definition) is 0. The summed E-state index contributed by atoms with van der Waals surface area (Å²) in [5.74, 6) is 0. The summed E-state index contributed by atoms with van der Waals surface area (Å²) in [4.78, 5) is 0. The third kappa shape index (κ3) is 8.82. The molecule has 0 nitrogen and oxygen atoms in total. The number of rotatable bonds is 0. The van der Waals surface area contributed by atoms with Crippen molar-refractivity contribution < 1.29 is 20.2 Å². The van der Waals surface area contributed by atoms with Crippen LogP contribution in [0.4, 0.5) is 0 Å². The molecule has 26 valence electrons. The zero-order valence-corrected chi connectivity index (χ0v) is 9.28. The van der Waals surface area contributed by atoms with Gasteiger partial charge in [0, 0.05) is 17.4 Å². The Morgan fingerprint density at radius 3 is 1.00 bits per heavy atom. The predicted molar refractivity (Wildman–Crippen MR) is 22.5 cm³/mol. The third-order valence-corrected chi connectivity index (χ3v) is 0. The van der Waals surface area contributed by atoms with Gasteiger partial charge >= 0.3 is 48.9 Å². The Balaban J connectivity index is 0. The Hall–Kier alpha value is 2.68. The minimum Gasteiger partial charge on any atom is -1.00 e. The van der Waals surface area contributed by atoms with Gasteiger partial charge in [0.15, 0.2) is 0 Å². The van der Waals surface area contributed by atoms with E-state index in [2.05, 4.69) is 0 Å². The quantitative estimate of drug-likeness (QED) is 0.565. The average molecular weight is 264 g/mol. The summed E-state index contributed by atoms with van der Waals surface area (Å²) in [5, 5.41) is 0. The molecule has 0 N–H and O–H groups in total. The van der Waals surface area contributed by atoms with Crippen molar-refractivity contribution in [2.45, 2.75) is 0 Å². The summed E-state index contributed by atoms with van der Waals surface area (Å²) in [5.41, 5.74) is 0. The van der Waals surface area contributed by atoms with Gasteiger partial charge in [0.25, 0.3) is 0 Å². The first-order valence-corrected chi connectivity index (χ1v) is 0. The molecule has 0 aromatic heterocycles. The smallest absolute Gasteiger partial charge is 1.00 e. The van der Waals surface area contributed by atoms with E-state index in [1.54, 1.807) is 0 Å². The molecule has 4 heteroatoms. The van der Waals surface area contributed by atoms with Gasteiger partial charge in [-0.3, -0.25) is 0 Å². The molecular formula is H4BaCl2Cr. The van der Waals surface area contributed by atoms with Crippen molar-refractivity contribution in [3.8, 4) is 0 Å². The molecule has 0 bridgehead atoms. The SMILES string of the molecule is Cl.Cl.[Ba+2].[Cr].[H-].[H-]. The van der Waals surface area contributed by atoms with Gasteiger partial charge in [-0.15, -0.1) is 24.8 Å². The van der Waals surface area contributed by atoms with Crippen molar-refractivity contribution in [1.82, 2.24) is 0 Å². The van der Waals surface area contributed by atoms with Gasteiger partial charge in [-0.25, -0.2) is 0 Å². The molecule has 0 spiro atoms. The van der Waals surface area contributed by atoms with E-state index in [4.69, 9.17) is 0 Å². The molecule has 0 radical (unpaired) electrons. The summed E-state index contributed by atoms with van der Waals surface area (Å²) in [6, 6.07) is 0. The van der Waals surface area contributed by atoms with Crippen LogP contribution in [0.1, 0.15) is 2.85 Å². The third-order valence-electron chi connectivity index (χ3n) is 0. The second kappa shape index (κ2) is 17.3. The second-order valence-electron chi connectivity index (χ2n) is 0. The van der Waals surface area contributed by atoms with E-state index in [-0.39, 0.29) is 93.9 Å². The Bertz CT molecular complexity index is 11.5. The Morgan fingerprint density at radius 2 is 1.00 bits per heavy atom. The maximum atomic E-state index is 0. The van der Waals surface area contributed by atoms with Crippen LogP contribution in [-0.4, -0.2) is 48.9 Å². The van der Waals surface area contributed by atoms with Crippen LogP contribution in [-0.2, 0) is 17.4 Å². The minimum atomic E-state index is 0. The van der Waals surface area contributed by atoms with Crippen molar-refractivity contribution in [3.63, 3.8) is 0 Å². The molecule has 4 heavy (non-hydrogen) atoms. The fourth-order valence-corrected chi connectivity index (χ4v) is 0. The van der Waals surface area contributed by atoms with Crippen molar-refractivity contribution in [1.29, 1.82) is 0 Å². The van der Waals surface area contributed by atoms with E-state index in [1.807, 2.05) is 0 Å². The Kier molecular flexibility index (Phi) is 130. The van der Waals surface area contributed by atoms with Gasteiger partial charge < -0.3 is 2.85 Å². The molecule has 0 atom stereocenters. The van der Waals surface area contributed by atoms with Gasteiger partial charge in [0.2, 0.25) is 0 Å². The molecule has 0 aromatic rings. The molecule has 0 rings (SSSR count). The van der Waals surface area contributed by atoms with Crippen LogP contribution >= 0.6 is 24.8 Å². The van der Waals surface area contributed by atoms with Gasteiger partial charge in [0.05, 0.1) is 0 Å². The largest absolute Gasteiger partial charge is 2.00 e. The number of hydrogen-bond donors (Lipinski definition) is 0. The normalized spacial score (nSPS) is 0. The molecule has 0 aromatic carbocycles. The topological polar surface area (TPSA) is 0 Å². The van der Waals surface area contributed by atoms with E-state index >= 15 is 0 Å². The predicted octanol–water partition coefficient (Wildman–Crippen LogP) is 0.685. The van der Waals surface area contributed by atoms with Crippen LogP contribution in [0.2, 0.25) is 0 Å². The summed E-state index contributed by atoms with van der Waals surface area (Å²) >= 11 is 0. The van der Waals surface area contributed by atoms with Crippen molar-refractivity contribution >= 4 is 73.7 Å². The molecule has 0 amide bonds. The zero-order chi connectivity index (χ0) is 0. The van der Waals surface area contributed by atoms with Crippen LogP contribution in [0.3, 0.4) is 0 Å². The zero-order valence-electron chi connectivity index (χ0n) is 3.93. The summed E-state index contributed by atoms with van der Waals surface area (Å²) in [6.07, 6.45) is 0. The minimum absolute atomic E-state index is 0. The first-order valence-electron chi connectivity index (χ1n) is 0. The van der Waals surface area contributed by atoms with Gasteiger partial charge in [-0.2, -0.15) is 0 Å². The van der Waals surface area contributed by atoms with Crippen LogP contribution < -0.4 is 0 Å². The Morgan fingerprint density at radius 1 is 1.00 bits per heavy atom. The van der Waals surface area contributed by atoms with E-state index in [0.29, 0.717) is 0 Å². The number of halogens is 2. The summed E-state index contributed by atoms with van der Waals surface area (Å²) in [7, 11) is 0. The molecule has 0 heterocycles. The first kappa shape index (κ1) is 30.0.